The number of nitrogens with one attached hydrogen (secondary N) is 1. The van der Waals surface area contributed by atoms with Crippen LogP contribution in [-0.2, 0) is 23.0 Å². The molecule has 0 saturated carbocycles. The molecule has 1 aliphatic rings. The quantitative estimate of drug-likeness (QED) is 0.662. The smallest absolute Gasteiger partial charge is 0.262 e. The summed E-state index contributed by atoms with van der Waals surface area (Å²) < 4.78 is 45.4. The number of anilines is 1. The molecule has 0 atom stereocenters. The zero-order chi connectivity index (χ0) is 21.5. The highest BCUT2D eigenvalue weighted by Crippen LogP contribution is 2.29. The minimum Gasteiger partial charge on any atom is -0.311 e. The second kappa shape index (κ2) is 7.83. The van der Waals surface area contributed by atoms with Gasteiger partial charge in [0.05, 0.1) is 10.5 Å². The standard InChI is InChI=1S/C22H25FN4O2S/c1-14-11-15(2)21(16(3)12-14)30(28,29)26-17-8-9-19(23)18(13-17)22-25-24-20-7-5-4-6-10-27(20)22/h8-9,11-13,26H,4-7,10H2,1-3H3. The van der Waals surface area contributed by atoms with Crippen LogP contribution in [0.3, 0.4) is 0 Å². The first-order chi connectivity index (χ1) is 14.3. The molecule has 0 unspecified atom stereocenters. The zero-order valence-corrected chi connectivity index (χ0v) is 18.2. The third kappa shape index (κ3) is 3.84. The van der Waals surface area contributed by atoms with E-state index in [-0.39, 0.29) is 16.1 Å². The topological polar surface area (TPSA) is 76.9 Å². The van der Waals surface area contributed by atoms with Crippen molar-refractivity contribution in [3.63, 3.8) is 0 Å². The number of nitrogens with zero attached hydrogens (tertiary/aromatic N) is 3. The van der Waals surface area contributed by atoms with Crippen molar-refractivity contribution in [1.82, 2.24) is 14.8 Å². The van der Waals surface area contributed by atoms with Crippen molar-refractivity contribution in [2.75, 3.05) is 4.72 Å². The maximum absolute atomic E-state index is 14.7. The van der Waals surface area contributed by atoms with E-state index in [1.165, 1.54) is 18.2 Å². The first-order valence-corrected chi connectivity index (χ1v) is 11.6. The number of halogens is 1. The zero-order valence-electron chi connectivity index (χ0n) is 17.4. The van der Waals surface area contributed by atoms with Gasteiger partial charge in [0, 0.05) is 18.7 Å². The van der Waals surface area contributed by atoms with Crippen molar-refractivity contribution in [2.24, 2.45) is 0 Å². The number of hydrogen-bond acceptors (Lipinski definition) is 4. The average Bonchev–Trinajstić information content (AvgIpc) is 2.89. The molecule has 0 aliphatic carbocycles. The van der Waals surface area contributed by atoms with Crippen LogP contribution in [0.4, 0.5) is 10.1 Å². The highest BCUT2D eigenvalue weighted by Gasteiger charge is 2.22. The molecule has 1 aliphatic heterocycles. The number of sulfonamides is 1. The first-order valence-electron chi connectivity index (χ1n) is 10.1. The molecule has 4 rings (SSSR count). The lowest BCUT2D eigenvalue weighted by Gasteiger charge is -2.15. The van der Waals surface area contributed by atoms with Crippen molar-refractivity contribution in [3.8, 4) is 11.4 Å². The number of benzene rings is 2. The summed E-state index contributed by atoms with van der Waals surface area (Å²) in [5, 5.41) is 8.43. The Labute approximate surface area is 176 Å². The van der Waals surface area contributed by atoms with E-state index in [1.807, 2.05) is 23.6 Å². The van der Waals surface area contributed by atoms with Gasteiger partial charge in [0.2, 0.25) is 0 Å². The monoisotopic (exact) mass is 428 g/mol. The highest BCUT2D eigenvalue weighted by molar-refractivity contribution is 7.92. The van der Waals surface area contributed by atoms with E-state index in [0.717, 1.165) is 43.6 Å². The molecular weight excluding hydrogens is 403 g/mol. The molecule has 0 spiro atoms. The van der Waals surface area contributed by atoms with Gasteiger partial charge in [-0.25, -0.2) is 12.8 Å². The molecule has 3 aromatic rings. The van der Waals surface area contributed by atoms with Crippen molar-refractivity contribution in [3.05, 3.63) is 58.7 Å². The molecule has 6 nitrogen and oxygen atoms in total. The summed E-state index contributed by atoms with van der Waals surface area (Å²) >= 11 is 0. The van der Waals surface area contributed by atoms with E-state index in [2.05, 4.69) is 14.9 Å². The van der Waals surface area contributed by atoms with Crippen LogP contribution < -0.4 is 4.72 Å². The minimum atomic E-state index is -3.83. The summed E-state index contributed by atoms with van der Waals surface area (Å²) in [6, 6.07) is 7.86. The van der Waals surface area contributed by atoms with E-state index in [9.17, 15) is 12.8 Å². The van der Waals surface area contributed by atoms with Crippen LogP contribution in [0, 0.1) is 26.6 Å². The van der Waals surface area contributed by atoms with Crippen LogP contribution in [0.5, 0.6) is 0 Å². The molecule has 0 bridgehead atoms. The Balaban J connectivity index is 1.72. The number of aromatic nitrogens is 3. The minimum absolute atomic E-state index is 0.244. The summed E-state index contributed by atoms with van der Waals surface area (Å²) in [6.07, 6.45) is 3.93. The molecule has 1 aromatic heterocycles. The normalized spacial score (nSPS) is 14.3. The van der Waals surface area contributed by atoms with E-state index in [4.69, 9.17) is 0 Å². The maximum atomic E-state index is 14.7. The van der Waals surface area contributed by atoms with E-state index in [1.54, 1.807) is 13.8 Å². The maximum Gasteiger partial charge on any atom is 0.262 e. The fraction of sp³-hybridized carbons (Fsp3) is 0.364. The third-order valence-corrected chi connectivity index (χ3v) is 7.13. The third-order valence-electron chi connectivity index (χ3n) is 5.44. The van der Waals surface area contributed by atoms with Gasteiger partial charge in [-0.15, -0.1) is 10.2 Å². The Kier molecular flexibility index (Phi) is 5.36. The van der Waals surface area contributed by atoms with E-state index >= 15 is 0 Å². The Hall–Kier alpha value is -2.74. The predicted octanol–water partition coefficient (Wildman–Crippen LogP) is 4.54. The molecule has 0 saturated heterocycles. The molecule has 2 heterocycles. The molecule has 30 heavy (non-hydrogen) atoms. The van der Waals surface area contributed by atoms with Gasteiger partial charge in [-0.2, -0.15) is 0 Å². The van der Waals surface area contributed by atoms with Gasteiger partial charge in [0.1, 0.15) is 11.6 Å². The van der Waals surface area contributed by atoms with Crippen LogP contribution in [0.15, 0.2) is 35.2 Å². The Morgan fingerprint density at radius 2 is 1.73 bits per heavy atom. The summed E-state index contributed by atoms with van der Waals surface area (Å²) in [7, 11) is -3.83. The van der Waals surface area contributed by atoms with E-state index < -0.39 is 15.8 Å². The Bertz CT molecular complexity index is 1190. The molecule has 0 fully saturated rings. The van der Waals surface area contributed by atoms with Gasteiger partial charge in [-0.3, -0.25) is 4.72 Å². The molecule has 8 heteroatoms. The molecule has 158 valence electrons. The number of aryl methyl sites for hydroxylation is 4. The summed E-state index contributed by atoms with van der Waals surface area (Å²) in [5.41, 5.74) is 2.88. The van der Waals surface area contributed by atoms with Crippen LogP contribution in [0.2, 0.25) is 0 Å². The van der Waals surface area contributed by atoms with Crippen molar-refractivity contribution in [1.29, 1.82) is 0 Å². The lowest BCUT2D eigenvalue weighted by molar-refractivity contribution is 0.599. The Morgan fingerprint density at radius 1 is 1.00 bits per heavy atom. The summed E-state index contributed by atoms with van der Waals surface area (Å²) in [6.45, 7) is 6.21. The lowest BCUT2D eigenvalue weighted by Crippen LogP contribution is -2.16. The first kappa shape index (κ1) is 20.5. The van der Waals surface area contributed by atoms with Crippen molar-refractivity contribution in [2.45, 2.75) is 57.9 Å². The molecule has 0 radical (unpaired) electrons. The lowest BCUT2D eigenvalue weighted by atomic mass is 10.1. The predicted molar refractivity (Wildman–Crippen MR) is 114 cm³/mol. The Morgan fingerprint density at radius 3 is 2.47 bits per heavy atom. The largest absolute Gasteiger partial charge is 0.311 e. The highest BCUT2D eigenvalue weighted by atomic mass is 32.2. The summed E-state index contributed by atoms with van der Waals surface area (Å²) in [4.78, 5) is 0.246. The van der Waals surface area contributed by atoms with Crippen LogP contribution >= 0.6 is 0 Å². The SMILES string of the molecule is Cc1cc(C)c(S(=O)(=O)Nc2ccc(F)c(-c3nnc4n3CCCCC4)c2)c(C)c1. The fourth-order valence-corrected chi connectivity index (χ4v) is 5.75. The molecule has 2 aromatic carbocycles. The summed E-state index contributed by atoms with van der Waals surface area (Å²) in [5.74, 6) is 0.826. The van der Waals surface area contributed by atoms with Gasteiger partial charge in [0.25, 0.3) is 10.0 Å². The number of rotatable bonds is 4. The number of fused-ring (bicyclic) bond motifs is 1. The van der Waals surface area contributed by atoms with E-state index in [0.29, 0.717) is 17.0 Å². The number of hydrogen-bond donors (Lipinski definition) is 1. The van der Waals surface area contributed by atoms with Crippen LogP contribution in [0.1, 0.15) is 41.8 Å². The van der Waals surface area contributed by atoms with Gasteiger partial charge >= 0.3 is 0 Å². The molecule has 1 N–H and O–H groups in total. The van der Waals surface area contributed by atoms with Crippen molar-refractivity contribution < 1.29 is 12.8 Å². The van der Waals surface area contributed by atoms with Crippen molar-refractivity contribution >= 4 is 15.7 Å². The van der Waals surface area contributed by atoms with Gasteiger partial charge in [-0.1, -0.05) is 24.1 Å². The average molecular weight is 429 g/mol. The second-order valence-corrected chi connectivity index (χ2v) is 9.55. The second-order valence-electron chi connectivity index (χ2n) is 7.93. The van der Waals surface area contributed by atoms with Gasteiger partial charge < -0.3 is 4.57 Å². The van der Waals surface area contributed by atoms with Crippen LogP contribution in [0.25, 0.3) is 11.4 Å². The van der Waals surface area contributed by atoms with Gasteiger partial charge in [-0.05, 0) is 62.9 Å². The molecular formula is C22H25FN4O2S. The van der Waals surface area contributed by atoms with Gasteiger partial charge in [0.15, 0.2) is 5.82 Å². The molecule has 0 amide bonds. The van der Waals surface area contributed by atoms with Crippen LogP contribution in [-0.4, -0.2) is 23.2 Å². The fourth-order valence-electron chi connectivity index (χ4n) is 4.24.